The summed E-state index contributed by atoms with van der Waals surface area (Å²) in [6.07, 6.45) is 5.60. The molecule has 1 aliphatic carbocycles. The highest BCUT2D eigenvalue weighted by molar-refractivity contribution is 6.33. The number of pyridine rings is 1. The predicted molar refractivity (Wildman–Crippen MR) is 105 cm³/mol. The number of carbonyl (C=O) groups is 2. The Morgan fingerprint density at radius 1 is 1.32 bits per heavy atom. The summed E-state index contributed by atoms with van der Waals surface area (Å²) in [5, 5.41) is 3.43. The molecule has 1 N–H and O–H groups in total. The van der Waals surface area contributed by atoms with Gasteiger partial charge in [0.2, 0.25) is 5.91 Å². The van der Waals surface area contributed by atoms with Crippen LogP contribution in [-0.4, -0.2) is 47.9 Å². The molecule has 0 atom stereocenters. The number of carbonyl (C=O) groups excluding carboxylic acids is 2. The van der Waals surface area contributed by atoms with Crippen LogP contribution in [0.2, 0.25) is 5.02 Å². The number of halogens is 1. The fourth-order valence-corrected chi connectivity index (χ4v) is 3.82. The molecule has 1 aromatic carbocycles. The molecular weight excluding hydrogens is 378 g/mol. The summed E-state index contributed by atoms with van der Waals surface area (Å²) in [6.45, 7) is 0.723. The fourth-order valence-electron chi connectivity index (χ4n) is 3.62. The highest BCUT2D eigenvalue weighted by Gasteiger charge is 2.52. The Morgan fingerprint density at radius 2 is 2.11 bits per heavy atom. The number of hydrogen-bond donors (Lipinski definition) is 1. The zero-order valence-corrected chi connectivity index (χ0v) is 16.4. The normalized spacial score (nSPS) is 17.6. The Kier molecular flexibility index (Phi) is 4.98. The van der Waals surface area contributed by atoms with Crippen LogP contribution in [0, 0.1) is 5.41 Å². The van der Waals surface area contributed by atoms with Gasteiger partial charge >= 0.3 is 0 Å². The van der Waals surface area contributed by atoms with E-state index in [9.17, 15) is 9.59 Å². The van der Waals surface area contributed by atoms with Crippen LogP contribution in [0.1, 0.15) is 28.8 Å². The summed E-state index contributed by atoms with van der Waals surface area (Å²) in [5.74, 6) is 0.599. The van der Waals surface area contributed by atoms with Crippen molar-refractivity contribution in [1.29, 1.82) is 0 Å². The Hall–Kier alpha value is -2.60. The number of hydrogen-bond acceptors (Lipinski definition) is 4. The van der Waals surface area contributed by atoms with Crippen LogP contribution in [0.15, 0.2) is 42.7 Å². The van der Waals surface area contributed by atoms with E-state index in [2.05, 4.69) is 10.3 Å². The lowest BCUT2D eigenvalue weighted by Crippen LogP contribution is -2.65. The van der Waals surface area contributed by atoms with Gasteiger partial charge in [0.15, 0.2) is 0 Å². The van der Waals surface area contributed by atoms with Gasteiger partial charge in [0, 0.05) is 31.5 Å². The maximum atomic E-state index is 13.0. The molecule has 0 radical (unpaired) electrons. The molecule has 28 heavy (non-hydrogen) atoms. The minimum atomic E-state index is -0.635. The van der Waals surface area contributed by atoms with Gasteiger partial charge in [-0.25, -0.2) is 0 Å². The Morgan fingerprint density at radius 3 is 2.79 bits per heavy atom. The number of ether oxygens (including phenoxy) is 1. The van der Waals surface area contributed by atoms with Crippen molar-refractivity contribution in [3.63, 3.8) is 0 Å². The van der Waals surface area contributed by atoms with E-state index in [0.717, 1.165) is 24.2 Å². The first-order valence-corrected chi connectivity index (χ1v) is 9.71. The second-order valence-corrected chi connectivity index (χ2v) is 7.98. The molecule has 2 aromatic rings. The van der Waals surface area contributed by atoms with E-state index >= 15 is 0 Å². The van der Waals surface area contributed by atoms with E-state index in [1.807, 2.05) is 24.3 Å². The van der Waals surface area contributed by atoms with E-state index in [4.69, 9.17) is 16.3 Å². The van der Waals surface area contributed by atoms with Crippen LogP contribution >= 0.6 is 11.6 Å². The molecule has 7 heteroatoms. The number of methoxy groups -OCH3 is 1. The number of nitrogens with zero attached hydrogens (tertiary/aromatic N) is 2. The minimum Gasteiger partial charge on any atom is -0.497 e. The monoisotopic (exact) mass is 399 g/mol. The van der Waals surface area contributed by atoms with Crippen molar-refractivity contribution in [1.82, 2.24) is 15.2 Å². The third kappa shape index (κ3) is 3.69. The number of benzene rings is 1. The van der Waals surface area contributed by atoms with Crippen molar-refractivity contribution in [3.8, 4) is 5.75 Å². The van der Waals surface area contributed by atoms with Crippen molar-refractivity contribution >= 4 is 23.4 Å². The van der Waals surface area contributed by atoms with E-state index < -0.39 is 5.41 Å². The highest BCUT2D eigenvalue weighted by atomic mass is 35.5. The summed E-state index contributed by atoms with van der Waals surface area (Å²) < 4.78 is 5.30. The Labute approximate surface area is 168 Å². The maximum absolute atomic E-state index is 13.0. The summed E-state index contributed by atoms with van der Waals surface area (Å²) in [4.78, 5) is 31.4. The average molecular weight is 400 g/mol. The third-order valence-corrected chi connectivity index (χ3v) is 5.65. The van der Waals surface area contributed by atoms with Crippen LogP contribution in [0.25, 0.3) is 0 Å². The van der Waals surface area contributed by atoms with Crippen molar-refractivity contribution in [2.75, 3.05) is 20.2 Å². The van der Waals surface area contributed by atoms with Gasteiger partial charge in [-0.05, 0) is 43.0 Å². The van der Waals surface area contributed by atoms with Crippen LogP contribution in [-0.2, 0) is 11.2 Å². The lowest BCUT2D eigenvalue weighted by molar-refractivity contribution is -0.139. The average Bonchev–Trinajstić information content (AvgIpc) is 3.48. The molecule has 4 rings (SSSR count). The maximum Gasteiger partial charge on any atom is 0.255 e. The zero-order valence-electron chi connectivity index (χ0n) is 15.7. The van der Waals surface area contributed by atoms with Gasteiger partial charge in [0.1, 0.15) is 5.75 Å². The van der Waals surface area contributed by atoms with Gasteiger partial charge in [-0.1, -0.05) is 23.7 Å². The highest BCUT2D eigenvalue weighted by Crippen LogP contribution is 2.37. The predicted octanol–water partition coefficient (Wildman–Crippen LogP) is 2.71. The SMILES string of the molecule is COc1cccc(CC2(C(=O)NC3CC3)CN(C(=O)c3ccncc3Cl)C2)c1. The first-order chi connectivity index (χ1) is 13.5. The van der Waals surface area contributed by atoms with Gasteiger partial charge in [0.05, 0.1) is 23.1 Å². The fraction of sp³-hybridized carbons (Fsp3) is 0.381. The number of aromatic nitrogens is 1. The smallest absolute Gasteiger partial charge is 0.255 e. The number of amides is 2. The van der Waals surface area contributed by atoms with E-state index in [1.54, 1.807) is 24.3 Å². The van der Waals surface area contributed by atoms with Crippen molar-refractivity contribution in [2.45, 2.75) is 25.3 Å². The van der Waals surface area contributed by atoms with Crippen LogP contribution < -0.4 is 10.1 Å². The molecule has 2 aliphatic rings. The molecule has 1 saturated heterocycles. The summed E-state index contributed by atoms with van der Waals surface area (Å²) >= 11 is 6.11. The molecule has 2 fully saturated rings. The van der Waals surface area contributed by atoms with Gasteiger partial charge in [-0.15, -0.1) is 0 Å². The molecule has 0 bridgehead atoms. The molecule has 6 nitrogen and oxygen atoms in total. The lowest BCUT2D eigenvalue weighted by Gasteiger charge is -2.49. The Bertz CT molecular complexity index is 907. The Balaban J connectivity index is 1.53. The standard InChI is InChI=1S/C21H22ClN3O3/c1-28-16-4-2-3-14(9-16)10-21(20(27)24-15-5-6-15)12-25(13-21)19(26)17-7-8-23-11-18(17)22/h2-4,7-9,11,15H,5-6,10,12-13H2,1H3,(H,24,27). The largest absolute Gasteiger partial charge is 0.497 e. The molecule has 0 spiro atoms. The lowest BCUT2D eigenvalue weighted by atomic mass is 9.73. The van der Waals surface area contributed by atoms with Gasteiger partial charge in [-0.3, -0.25) is 14.6 Å². The second kappa shape index (κ2) is 7.43. The molecule has 1 aromatic heterocycles. The first kappa shape index (κ1) is 18.7. The first-order valence-electron chi connectivity index (χ1n) is 9.33. The van der Waals surface area contributed by atoms with Crippen LogP contribution in [0.5, 0.6) is 5.75 Å². The quantitative estimate of drug-likeness (QED) is 0.810. The third-order valence-electron chi connectivity index (χ3n) is 5.35. The van der Waals surface area contributed by atoms with Crippen LogP contribution in [0.3, 0.4) is 0 Å². The second-order valence-electron chi connectivity index (χ2n) is 7.57. The van der Waals surface area contributed by atoms with Crippen molar-refractivity contribution in [2.24, 2.45) is 5.41 Å². The topological polar surface area (TPSA) is 71.5 Å². The molecular formula is C21H22ClN3O3. The molecule has 2 heterocycles. The van der Waals surface area contributed by atoms with Crippen molar-refractivity contribution in [3.05, 3.63) is 58.9 Å². The molecule has 1 saturated carbocycles. The van der Waals surface area contributed by atoms with E-state index in [-0.39, 0.29) is 17.9 Å². The molecule has 0 unspecified atom stereocenters. The summed E-state index contributed by atoms with van der Waals surface area (Å²) in [7, 11) is 1.62. The van der Waals surface area contributed by atoms with E-state index in [0.29, 0.717) is 30.1 Å². The summed E-state index contributed by atoms with van der Waals surface area (Å²) in [5.41, 5.74) is 0.790. The number of likely N-dealkylation sites (tertiary alicyclic amines) is 1. The summed E-state index contributed by atoms with van der Waals surface area (Å²) in [6, 6.07) is 9.60. The minimum absolute atomic E-state index is 0.0164. The van der Waals surface area contributed by atoms with Gasteiger partial charge in [0.25, 0.3) is 5.91 Å². The van der Waals surface area contributed by atoms with Crippen molar-refractivity contribution < 1.29 is 14.3 Å². The van der Waals surface area contributed by atoms with E-state index in [1.165, 1.54) is 6.20 Å². The zero-order chi connectivity index (χ0) is 19.7. The molecule has 146 valence electrons. The van der Waals surface area contributed by atoms with Crippen LogP contribution in [0.4, 0.5) is 0 Å². The number of rotatable bonds is 6. The molecule has 2 amide bonds. The van der Waals surface area contributed by atoms with Gasteiger partial charge < -0.3 is 15.0 Å². The number of nitrogens with one attached hydrogen (secondary N) is 1. The van der Waals surface area contributed by atoms with Gasteiger partial charge in [-0.2, -0.15) is 0 Å². The molecule has 1 aliphatic heterocycles.